The Bertz CT molecular complexity index is 422. The van der Waals surface area contributed by atoms with Crippen LogP contribution < -0.4 is 4.84 Å². The fourth-order valence-electron chi connectivity index (χ4n) is 0.791. The van der Waals surface area contributed by atoms with Gasteiger partial charge in [-0.05, 0) is 0 Å². The summed E-state index contributed by atoms with van der Waals surface area (Å²) < 4.78 is 1.24. The number of carbonyl (C=O) groups is 2. The van der Waals surface area contributed by atoms with E-state index in [2.05, 4.69) is 19.8 Å². The second kappa shape index (κ2) is 6.12. The number of H-pyrrole nitrogens is 1. The van der Waals surface area contributed by atoms with E-state index in [-0.39, 0.29) is 5.97 Å². The first-order valence-corrected chi connectivity index (χ1v) is 4.34. The van der Waals surface area contributed by atoms with Gasteiger partial charge >= 0.3 is 5.97 Å². The predicted molar refractivity (Wildman–Crippen MR) is 53.5 cm³/mol. The molecule has 0 spiro atoms. The zero-order valence-electron chi connectivity index (χ0n) is 8.53. The normalized spacial score (nSPS) is 8.81. The van der Waals surface area contributed by atoms with Gasteiger partial charge in [0.25, 0.3) is 0 Å². The number of aldehydes is 1. The molecule has 2 rings (SSSR count). The van der Waals surface area contributed by atoms with E-state index in [9.17, 15) is 9.59 Å². The van der Waals surface area contributed by atoms with Crippen LogP contribution in [-0.4, -0.2) is 31.9 Å². The second-order valence-corrected chi connectivity index (χ2v) is 2.60. The van der Waals surface area contributed by atoms with Gasteiger partial charge in [0.05, 0.1) is 6.20 Å². The molecular weight excluding hydrogens is 212 g/mol. The third kappa shape index (κ3) is 4.18. The third-order valence-corrected chi connectivity index (χ3v) is 1.35. The molecule has 0 aliphatic rings. The molecule has 2 heterocycles. The smallest absolute Gasteiger partial charge is 0.329 e. The molecule has 84 valence electrons. The Hall–Kier alpha value is -2.44. The van der Waals surface area contributed by atoms with Crippen molar-refractivity contribution in [3.8, 4) is 0 Å². The number of nitrogens with one attached hydrogen (secondary N) is 1. The maximum absolute atomic E-state index is 10.2. The van der Waals surface area contributed by atoms with E-state index in [4.69, 9.17) is 0 Å². The van der Waals surface area contributed by atoms with Crippen LogP contribution in [0.15, 0.2) is 31.1 Å². The van der Waals surface area contributed by atoms with Crippen molar-refractivity contribution in [2.24, 2.45) is 0 Å². The summed E-state index contributed by atoms with van der Waals surface area (Å²) in [5.41, 5.74) is 0. The van der Waals surface area contributed by atoms with Gasteiger partial charge < -0.3 is 9.82 Å². The summed E-state index contributed by atoms with van der Waals surface area (Å²) in [4.78, 5) is 34.5. The van der Waals surface area contributed by atoms with Gasteiger partial charge in [0.2, 0.25) is 0 Å². The molecule has 1 N–H and O–H groups in total. The maximum atomic E-state index is 10.2. The summed E-state index contributed by atoms with van der Waals surface area (Å²) in [6.07, 6.45) is 8.28. The lowest BCUT2D eigenvalue weighted by atomic mass is 10.7. The van der Waals surface area contributed by atoms with E-state index >= 15 is 0 Å². The highest BCUT2D eigenvalue weighted by atomic mass is 16.7. The highest BCUT2D eigenvalue weighted by Crippen LogP contribution is 1.79. The molecule has 2 aromatic heterocycles. The predicted octanol–water partition coefficient (Wildman–Crippen LogP) is 0.0804. The lowest BCUT2D eigenvalue weighted by Gasteiger charge is -1.96. The molecule has 16 heavy (non-hydrogen) atoms. The quantitative estimate of drug-likeness (QED) is 0.727. The number of aromatic nitrogens is 4. The number of hydrogen-bond donors (Lipinski definition) is 1. The third-order valence-electron chi connectivity index (χ3n) is 1.35. The molecule has 7 heteroatoms. The van der Waals surface area contributed by atoms with E-state index in [1.54, 1.807) is 12.4 Å². The summed E-state index contributed by atoms with van der Waals surface area (Å²) >= 11 is 0. The topological polar surface area (TPSA) is 89.9 Å². The van der Waals surface area contributed by atoms with E-state index in [0.717, 1.165) is 0 Å². The lowest BCUT2D eigenvalue weighted by Crippen LogP contribution is -2.13. The Balaban J connectivity index is 0.000000165. The minimum Gasteiger partial charge on any atom is -0.342 e. The molecule has 0 aliphatic carbocycles. The zero-order valence-corrected chi connectivity index (χ0v) is 8.53. The zero-order chi connectivity index (χ0) is 11.8. The van der Waals surface area contributed by atoms with Crippen molar-refractivity contribution in [2.75, 3.05) is 0 Å². The van der Waals surface area contributed by atoms with Crippen LogP contribution in [0.1, 0.15) is 17.5 Å². The summed E-state index contributed by atoms with van der Waals surface area (Å²) in [7, 11) is 0. The Morgan fingerprint density at radius 3 is 2.75 bits per heavy atom. The summed E-state index contributed by atoms with van der Waals surface area (Å²) in [5, 5.41) is 0. The molecular formula is C9H10N4O3. The molecule has 0 fully saturated rings. The molecule has 0 unspecified atom stereocenters. The van der Waals surface area contributed by atoms with Crippen LogP contribution in [0.3, 0.4) is 0 Å². The Morgan fingerprint density at radius 2 is 2.38 bits per heavy atom. The molecule has 7 nitrogen and oxygen atoms in total. The summed E-state index contributed by atoms with van der Waals surface area (Å²) in [6.45, 7) is 1.33. The van der Waals surface area contributed by atoms with Crippen LogP contribution in [0, 0.1) is 0 Å². The van der Waals surface area contributed by atoms with E-state index in [1.807, 2.05) is 0 Å². The average Bonchev–Trinajstić information content (AvgIpc) is 2.88. The van der Waals surface area contributed by atoms with Crippen LogP contribution in [0.4, 0.5) is 0 Å². The second-order valence-electron chi connectivity index (χ2n) is 2.60. The first-order valence-electron chi connectivity index (χ1n) is 4.34. The van der Waals surface area contributed by atoms with Crippen molar-refractivity contribution in [1.29, 1.82) is 0 Å². The summed E-state index contributed by atoms with van der Waals surface area (Å²) in [5.74, 6) is 0.0213. The van der Waals surface area contributed by atoms with Gasteiger partial charge in [0.1, 0.15) is 6.33 Å². The summed E-state index contributed by atoms with van der Waals surface area (Å²) in [6, 6.07) is 0. The monoisotopic (exact) mass is 222 g/mol. The number of rotatable bonds is 2. The van der Waals surface area contributed by atoms with Crippen LogP contribution >= 0.6 is 0 Å². The Kier molecular flexibility index (Phi) is 4.45. The van der Waals surface area contributed by atoms with Crippen LogP contribution in [0.5, 0.6) is 0 Å². The highest BCUT2D eigenvalue weighted by Gasteiger charge is 1.91. The van der Waals surface area contributed by atoms with Gasteiger partial charge in [-0.15, -0.1) is 0 Å². The molecule has 0 saturated heterocycles. The van der Waals surface area contributed by atoms with Gasteiger partial charge in [0, 0.05) is 25.5 Å². The van der Waals surface area contributed by atoms with Crippen molar-refractivity contribution in [1.82, 2.24) is 19.7 Å². The Labute approximate surface area is 91.0 Å². The minimum atomic E-state index is -0.354. The first kappa shape index (κ1) is 11.6. The molecule has 0 saturated carbocycles. The number of carbonyl (C=O) groups excluding carboxylic acids is 2. The van der Waals surface area contributed by atoms with E-state index < -0.39 is 0 Å². The maximum Gasteiger partial charge on any atom is 0.329 e. The van der Waals surface area contributed by atoms with Crippen molar-refractivity contribution in [2.45, 2.75) is 6.92 Å². The molecule has 0 atom stereocenters. The number of hydrogen-bond acceptors (Lipinski definition) is 5. The molecule has 0 aromatic carbocycles. The van der Waals surface area contributed by atoms with E-state index in [0.29, 0.717) is 12.1 Å². The molecule has 2 aromatic rings. The molecule has 0 aliphatic heterocycles. The van der Waals surface area contributed by atoms with E-state index in [1.165, 1.54) is 30.4 Å². The fraction of sp³-hybridized carbons (Fsp3) is 0.111. The first-order chi connectivity index (χ1) is 7.72. The number of nitrogens with zero attached hydrogens (tertiary/aromatic N) is 3. The van der Waals surface area contributed by atoms with Crippen molar-refractivity contribution >= 4 is 12.3 Å². The number of imidazole rings is 2. The average molecular weight is 222 g/mol. The minimum absolute atomic E-state index is 0.354. The van der Waals surface area contributed by atoms with Crippen LogP contribution in [0.25, 0.3) is 0 Å². The van der Waals surface area contributed by atoms with Gasteiger partial charge in [-0.1, -0.05) is 0 Å². The largest absolute Gasteiger partial charge is 0.342 e. The Morgan fingerprint density at radius 1 is 1.56 bits per heavy atom. The van der Waals surface area contributed by atoms with Crippen molar-refractivity contribution in [3.63, 3.8) is 0 Å². The van der Waals surface area contributed by atoms with Crippen molar-refractivity contribution < 1.29 is 14.4 Å². The molecule has 0 radical (unpaired) electrons. The molecule has 0 amide bonds. The SMILES string of the molecule is CC(=O)On1ccnc1.O=Cc1ncc[nH]1. The van der Waals surface area contributed by atoms with Crippen LogP contribution in [0.2, 0.25) is 0 Å². The van der Waals surface area contributed by atoms with Gasteiger partial charge in [-0.3, -0.25) is 4.79 Å². The van der Waals surface area contributed by atoms with Crippen LogP contribution in [-0.2, 0) is 4.79 Å². The lowest BCUT2D eigenvalue weighted by molar-refractivity contribution is -0.141. The fourth-order valence-corrected chi connectivity index (χ4v) is 0.791. The van der Waals surface area contributed by atoms with Gasteiger partial charge in [0.15, 0.2) is 12.1 Å². The van der Waals surface area contributed by atoms with Crippen molar-refractivity contribution in [3.05, 3.63) is 36.9 Å². The highest BCUT2D eigenvalue weighted by molar-refractivity contribution is 5.68. The molecule has 0 bridgehead atoms. The van der Waals surface area contributed by atoms with Gasteiger partial charge in [-0.25, -0.2) is 14.8 Å². The standard InChI is InChI=1S/C5H6N2O2.C4H4N2O/c1-5(8)9-7-3-2-6-4-7;7-3-4-5-1-2-6-4/h2-4H,1H3;1-3H,(H,5,6). The van der Waals surface area contributed by atoms with Gasteiger partial charge in [-0.2, -0.15) is 4.73 Å². The number of aromatic amines is 1.